The van der Waals surface area contributed by atoms with Gasteiger partial charge >= 0.3 is 0 Å². The van der Waals surface area contributed by atoms with Gasteiger partial charge in [-0.05, 0) is 87.3 Å². The van der Waals surface area contributed by atoms with Crippen LogP contribution in [-0.4, -0.2) is 59.4 Å². The number of anilines is 1. The number of piperidine rings is 1. The third-order valence-electron chi connectivity index (χ3n) is 6.58. The van der Waals surface area contributed by atoms with Crippen molar-refractivity contribution in [1.29, 1.82) is 0 Å². The van der Waals surface area contributed by atoms with Crippen molar-refractivity contribution in [2.24, 2.45) is 0 Å². The smallest absolute Gasteiger partial charge is 0.248 e. The SMILES string of the molecule is O=c1ccc2c([C@@H](O)CNCCc3ccc(NCCCN4CCCCC4)cc3)ccc(O)c2[nH]1. The normalized spacial score (nSPS) is 15.4. The highest BCUT2D eigenvalue weighted by molar-refractivity contribution is 5.87. The number of rotatable bonds is 11. The van der Waals surface area contributed by atoms with Gasteiger partial charge in [0.15, 0.2) is 0 Å². The largest absolute Gasteiger partial charge is 0.506 e. The lowest BCUT2D eigenvalue weighted by Gasteiger charge is -2.26. The number of H-pyrrole nitrogens is 1. The molecular formula is C27H36N4O3. The zero-order valence-electron chi connectivity index (χ0n) is 19.7. The topological polar surface area (TPSA) is 101 Å². The van der Waals surface area contributed by atoms with Gasteiger partial charge in [-0.1, -0.05) is 24.6 Å². The minimum atomic E-state index is -0.745. The number of hydrogen-bond donors (Lipinski definition) is 5. The maximum Gasteiger partial charge on any atom is 0.248 e. The quantitative estimate of drug-likeness (QED) is 0.279. The average molecular weight is 465 g/mol. The van der Waals surface area contributed by atoms with Crippen molar-refractivity contribution in [2.45, 2.75) is 38.2 Å². The number of aliphatic hydroxyl groups excluding tert-OH is 1. The average Bonchev–Trinajstić information content (AvgIpc) is 2.86. The number of pyridine rings is 1. The van der Waals surface area contributed by atoms with E-state index in [1.807, 2.05) is 0 Å². The van der Waals surface area contributed by atoms with Gasteiger partial charge in [-0.15, -0.1) is 0 Å². The molecule has 1 aliphatic rings. The molecule has 1 saturated heterocycles. The van der Waals surface area contributed by atoms with Gasteiger partial charge in [-0.2, -0.15) is 0 Å². The second-order valence-corrected chi connectivity index (χ2v) is 9.13. The van der Waals surface area contributed by atoms with Crippen molar-refractivity contribution in [3.8, 4) is 5.75 Å². The highest BCUT2D eigenvalue weighted by Gasteiger charge is 2.14. The Morgan fingerprint density at radius 2 is 1.76 bits per heavy atom. The number of aromatic amines is 1. The Balaban J connectivity index is 1.18. The van der Waals surface area contributed by atoms with Crippen molar-refractivity contribution in [3.05, 3.63) is 70.0 Å². The van der Waals surface area contributed by atoms with E-state index in [4.69, 9.17) is 0 Å². The molecule has 1 aliphatic heterocycles. The summed E-state index contributed by atoms with van der Waals surface area (Å²) in [6.45, 7) is 5.82. The summed E-state index contributed by atoms with van der Waals surface area (Å²) in [6.07, 6.45) is 5.37. The van der Waals surface area contributed by atoms with Crippen LogP contribution in [0.3, 0.4) is 0 Å². The number of phenolic OH excluding ortho intramolecular Hbond substituents is 1. The van der Waals surface area contributed by atoms with Crippen LogP contribution < -0.4 is 16.2 Å². The highest BCUT2D eigenvalue weighted by atomic mass is 16.3. The number of nitrogens with one attached hydrogen (secondary N) is 3. The van der Waals surface area contributed by atoms with E-state index in [0.29, 0.717) is 23.0 Å². The van der Waals surface area contributed by atoms with Gasteiger partial charge in [0.1, 0.15) is 5.75 Å². The molecule has 4 rings (SSSR count). The summed E-state index contributed by atoms with van der Waals surface area (Å²) in [5, 5.41) is 28.1. The molecule has 182 valence electrons. The minimum Gasteiger partial charge on any atom is -0.506 e. The van der Waals surface area contributed by atoms with E-state index in [9.17, 15) is 15.0 Å². The van der Waals surface area contributed by atoms with Crippen LogP contribution in [0.15, 0.2) is 53.3 Å². The summed E-state index contributed by atoms with van der Waals surface area (Å²) < 4.78 is 0. The molecule has 0 aliphatic carbocycles. The molecule has 2 heterocycles. The molecule has 0 bridgehead atoms. The second-order valence-electron chi connectivity index (χ2n) is 9.13. The third kappa shape index (κ3) is 6.59. The number of aliphatic hydroxyl groups is 1. The predicted octanol–water partition coefficient (Wildman–Crippen LogP) is 3.39. The Morgan fingerprint density at radius 3 is 2.56 bits per heavy atom. The molecule has 7 heteroatoms. The van der Waals surface area contributed by atoms with Gasteiger partial charge in [0.05, 0.1) is 11.6 Å². The van der Waals surface area contributed by atoms with Crippen LogP contribution in [0.4, 0.5) is 5.69 Å². The molecule has 1 fully saturated rings. The first kappa shape index (κ1) is 24.3. The fourth-order valence-corrected chi connectivity index (χ4v) is 4.64. The molecule has 0 unspecified atom stereocenters. The molecule has 0 saturated carbocycles. The van der Waals surface area contributed by atoms with Gasteiger partial charge in [-0.3, -0.25) is 4.79 Å². The number of fused-ring (bicyclic) bond motifs is 1. The van der Waals surface area contributed by atoms with E-state index in [1.165, 1.54) is 63.0 Å². The van der Waals surface area contributed by atoms with Crippen LogP contribution in [0, 0.1) is 0 Å². The summed E-state index contributed by atoms with van der Waals surface area (Å²) >= 11 is 0. The molecule has 1 atom stereocenters. The van der Waals surface area contributed by atoms with Crippen molar-refractivity contribution >= 4 is 16.6 Å². The predicted molar refractivity (Wildman–Crippen MR) is 138 cm³/mol. The van der Waals surface area contributed by atoms with Crippen LogP contribution in [0.1, 0.15) is 42.9 Å². The summed E-state index contributed by atoms with van der Waals surface area (Å²) in [5.41, 5.74) is 3.14. The number of benzene rings is 2. The number of nitrogens with zero attached hydrogens (tertiary/aromatic N) is 1. The summed E-state index contributed by atoms with van der Waals surface area (Å²) in [6, 6.07) is 14.8. The van der Waals surface area contributed by atoms with Crippen molar-refractivity contribution < 1.29 is 10.2 Å². The molecule has 2 aromatic carbocycles. The maximum absolute atomic E-state index is 11.6. The summed E-state index contributed by atoms with van der Waals surface area (Å²) in [7, 11) is 0. The van der Waals surface area contributed by atoms with Gasteiger partial charge in [-0.25, -0.2) is 0 Å². The summed E-state index contributed by atoms with van der Waals surface area (Å²) in [4.78, 5) is 16.8. The maximum atomic E-state index is 11.6. The summed E-state index contributed by atoms with van der Waals surface area (Å²) in [5.74, 6) is -0.00320. The number of hydrogen-bond acceptors (Lipinski definition) is 6. The number of aromatic nitrogens is 1. The molecule has 7 nitrogen and oxygen atoms in total. The molecule has 0 amide bonds. The standard InChI is InChI=1S/C27H36N4O3/c32-24-11-9-22(23-10-12-26(34)30-27(23)24)25(33)19-28-15-13-20-5-7-21(8-6-20)29-14-4-18-31-16-2-1-3-17-31/h5-12,25,28-29,32-33H,1-4,13-19H2,(H,30,34)/t25-/m0/s1. The molecule has 0 spiro atoms. The van der Waals surface area contributed by atoms with E-state index < -0.39 is 6.10 Å². The molecule has 5 N–H and O–H groups in total. The van der Waals surface area contributed by atoms with E-state index in [0.717, 1.165) is 25.2 Å². The fraction of sp³-hybridized carbons (Fsp3) is 0.444. The van der Waals surface area contributed by atoms with Gasteiger partial charge in [0.2, 0.25) is 5.56 Å². The Kier molecular flexibility index (Phi) is 8.57. The van der Waals surface area contributed by atoms with Gasteiger partial charge in [0.25, 0.3) is 0 Å². The lowest BCUT2D eigenvalue weighted by Crippen LogP contribution is -2.31. The fourth-order valence-electron chi connectivity index (χ4n) is 4.64. The molecule has 1 aromatic heterocycles. The van der Waals surface area contributed by atoms with Crippen LogP contribution in [0.5, 0.6) is 5.75 Å². The Morgan fingerprint density at radius 1 is 0.971 bits per heavy atom. The van der Waals surface area contributed by atoms with Crippen molar-refractivity contribution in [2.75, 3.05) is 44.6 Å². The monoisotopic (exact) mass is 464 g/mol. The van der Waals surface area contributed by atoms with Crippen LogP contribution in [-0.2, 0) is 6.42 Å². The molecule has 34 heavy (non-hydrogen) atoms. The van der Waals surface area contributed by atoms with E-state index in [-0.39, 0.29) is 11.3 Å². The number of aromatic hydroxyl groups is 1. The first-order chi connectivity index (χ1) is 16.6. The zero-order valence-corrected chi connectivity index (χ0v) is 19.7. The Bertz CT molecular complexity index is 1110. The Labute approximate surface area is 200 Å². The number of likely N-dealkylation sites (tertiary alicyclic amines) is 1. The zero-order chi connectivity index (χ0) is 23.8. The van der Waals surface area contributed by atoms with Crippen molar-refractivity contribution in [3.63, 3.8) is 0 Å². The Hall–Kier alpha value is -2.87. The van der Waals surface area contributed by atoms with Gasteiger partial charge in [0, 0.05) is 30.2 Å². The third-order valence-corrected chi connectivity index (χ3v) is 6.58. The molecular weight excluding hydrogens is 428 g/mol. The van der Waals surface area contributed by atoms with Crippen LogP contribution in [0.25, 0.3) is 10.9 Å². The first-order valence-electron chi connectivity index (χ1n) is 12.4. The first-order valence-corrected chi connectivity index (χ1v) is 12.4. The van der Waals surface area contributed by atoms with E-state index in [1.54, 1.807) is 12.1 Å². The molecule has 3 aromatic rings. The number of phenols is 1. The van der Waals surface area contributed by atoms with Crippen LogP contribution in [0.2, 0.25) is 0 Å². The van der Waals surface area contributed by atoms with Crippen LogP contribution >= 0.6 is 0 Å². The van der Waals surface area contributed by atoms with Crippen molar-refractivity contribution in [1.82, 2.24) is 15.2 Å². The van der Waals surface area contributed by atoms with Gasteiger partial charge < -0.3 is 30.7 Å². The van der Waals surface area contributed by atoms with E-state index >= 15 is 0 Å². The lowest BCUT2D eigenvalue weighted by molar-refractivity contribution is 0.176. The lowest BCUT2D eigenvalue weighted by atomic mass is 10.0. The molecule has 0 radical (unpaired) electrons. The van der Waals surface area contributed by atoms with E-state index in [2.05, 4.69) is 44.8 Å². The highest BCUT2D eigenvalue weighted by Crippen LogP contribution is 2.28. The second kappa shape index (κ2) is 12.0. The minimum absolute atomic E-state index is 0.00320.